The van der Waals surface area contributed by atoms with Crippen molar-refractivity contribution in [3.63, 3.8) is 0 Å². The van der Waals surface area contributed by atoms with Crippen molar-refractivity contribution in [1.29, 1.82) is 0 Å². The van der Waals surface area contributed by atoms with Crippen LogP contribution in [0.4, 0.5) is 4.39 Å². The first-order valence-corrected chi connectivity index (χ1v) is 6.43. The largest absolute Gasteiger partial charge is 0.490 e. The molecule has 0 aliphatic heterocycles. The minimum Gasteiger partial charge on any atom is -0.490 e. The number of hydrogen-bond acceptors (Lipinski definition) is 2. The highest BCUT2D eigenvalue weighted by Crippen LogP contribution is 2.29. The monoisotopic (exact) mass is 272 g/mol. The molecule has 3 nitrogen and oxygen atoms in total. The Bertz CT molecular complexity index is 645. The van der Waals surface area contributed by atoms with Crippen LogP contribution in [0.1, 0.15) is 23.2 Å². The summed E-state index contributed by atoms with van der Waals surface area (Å²) < 4.78 is 19.5. The van der Waals surface area contributed by atoms with Gasteiger partial charge in [-0.3, -0.25) is 0 Å². The fourth-order valence-electron chi connectivity index (χ4n) is 1.97. The van der Waals surface area contributed by atoms with Gasteiger partial charge in [0.15, 0.2) is 0 Å². The Kier molecular flexibility index (Phi) is 3.14. The second kappa shape index (κ2) is 4.96. The molecule has 1 aliphatic rings. The van der Waals surface area contributed by atoms with E-state index < -0.39 is 11.8 Å². The highest BCUT2D eigenvalue weighted by molar-refractivity contribution is 5.88. The second-order valence-corrected chi connectivity index (χ2v) is 4.84. The van der Waals surface area contributed by atoms with E-state index in [1.54, 1.807) is 24.3 Å². The number of carbonyl (C=O) groups is 1. The van der Waals surface area contributed by atoms with Crippen LogP contribution in [0.25, 0.3) is 11.1 Å². The Morgan fingerprint density at radius 3 is 2.40 bits per heavy atom. The molecule has 2 aromatic rings. The fourth-order valence-corrected chi connectivity index (χ4v) is 1.97. The maximum absolute atomic E-state index is 13.9. The minimum atomic E-state index is -1.14. The number of rotatable bonds is 4. The molecule has 1 N–H and O–H groups in total. The smallest absolute Gasteiger partial charge is 0.335 e. The zero-order chi connectivity index (χ0) is 14.1. The molecule has 102 valence electrons. The molecule has 0 heterocycles. The van der Waals surface area contributed by atoms with Crippen molar-refractivity contribution < 1.29 is 19.0 Å². The number of benzene rings is 2. The van der Waals surface area contributed by atoms with Gasteiger partial charge in [0.25, 0.3) is 0 Å². The summed E-state index contributed by atoms with van der Waals surface area (Å²) in [7, 11) is 0. The quantitative estimate of drug-likeness (QED) is 0.922. The summed E-state index contributed by atoms with van der Waals surface area (Å²) in [6, 6.07) is 11.1. The van der Waals surface area contributed by atoms with Crippen molar-refractivity contribution in [1.82, 2.24) is 0 Å². The van der Waals surface area contributed by atoms with Crippen LogP contribution in [0.15, 0.2) is 42.5 Å². The van der Waals surface area contributed by atoms with Crippen LogP contribution in [-0.4, -0.2) is 17.2 Å². The molecule has 0 spiro atoms. The molecule has 0 saturated heterocycles. The standard InChI is InChI=1S/C16H13FO3/c17-15-9-11(16(18)19)3-8-14(15)10-1-4-12(5-2-10)20-13-6-7-13/h1-5,8-9,13H,6-7H2,(H,18,19). The van der Waals surface area contributed by atoms with Gasteiger partial charge in [-0.2, -0.15) is 0 Å². The van der Waals surface area contributed by atoms with Crippen molar-refractivity contribution in [3.05, 3.63) is 53.8 Å². The van der Waals surface area contributed by atoms with Crippen LogP contribution in [0.2, 0.25) is 0 Å². The highest BCUT2D eigenvalue weighted by atomic mass is 19.1. The Labute approximate surface area is 115 Å². The SMILES string of the molecule is O=C(O)c1ccc(-c2ccc(OC3CC3)cc2)c(F)c1. The van der Waals surface area contributed by atoms with Crippen LogP contribution < -0.4 is 4.74 Å². The Morgan fingerprint density at radius 1 is 1.15 bits per heavy atom. The molecule has 1 fully saturated rings. The van der Waals surface area contributed by atoms with Crippen molar-refractivity contribution in [3.8, 4) is 16.9 Å². The van der Waals surface area contributed by atoms with Crippen LogP contribution in [0.5, 0.6) is 5.75 Å². The summed E-state index contributed by atoms with van der Waals surface area (Å²) in [4.78, 5) is 10.8. The lowest BCUT2D eigenvalue weighted by molar-refractivity contribution is 0.0696. The molecule has 0 unspecified atom stereocenters. The van der Waals surface area contributed by atoms with E-state index in [4.69, 9.17) is 9.84 Å². The summed E-state index contributed by atoms with van der Waals surface area (Å²) >= 11 is 0. The molecular formula is C16H13FO3. The predicted octanol–water partition coefficient (Wildman–Crippen LogP) is 3.73. The molecule has 3 rings (SSSR count). The fraction of sp³-hybridized carbons (Fsp3) is 0.188. The second-order valence-electron chi connectivity index (χ2n) is 4.84. The molecule has 0 amide bonds. The van der Waals surface area contributed by atoms with Gasteiger partial charge in [-0.15, -0.1) is 0 Å². The molecule has 0 atom stereocenters. The summed E-state index contributed by atoms with van der Waals surface area (Å²) in [5.74, 6) is -0.900. The van der Waals surface area contributed by atoms with Crippen molar-refractivity contribution in [2.75, 3.05) is 0 Å². The number of halogens is 1. The zero-order valence-corrected chi connectivity index (χ0v) is 10.7. The van der Waals surface area contributed by atoms with Crippen LogP contribution >= 0.6 is 0 Å². The number of ether oxygens (including phenoxy) is 1. The third-order valence-corrected chi connectivity index (χ3v) is 3.21. The van der Waals surface area contributed by atoms with Crippen LogP contribution in [-0.2, 0) is 0 Å². The Morgan fingerprint density at radius 2 is 1.85 bits per heavy atom. The first-order valence-electron chi connectivity index (χ1n) is 6.43. The predicted molar refractivity (Wildman–Crippen MR) is 72.4 cm³/mol. The van der Waals surface area contributed by atoms with Gasteiger partial charge in [-0.1, -0.05) is 18.2 Å². The lowest BCUT2D eigenvalue weighted by atomic mass is 10.0. The van der Waals surface area contributed by atoms with E-state index in [1.165, 1.54) is 12.1 Å². The molecule has 2 aromatic carbocycles. The van der Waals surface area contributed by atoms with Crippen LogP contribution in [0.3, 0.4) is 0 Å². The van der Waals surface area contributed by atoms with E-state index in [1.807, 2.05) is 0 Å². The van der Waals surface area contributed by atoms with Gasteiger partial charge in [-0.25, -0.2) is 9.18 Å². The third kappa shape index (κ3) is 2.64. The van der Waals surface area contributed by atoms with Gasteiger partial charge in [0, 0.05) is 5.56 Å². The van der Waals surface area contributed by atoms with Crippen LogP contribution in [0, 0.1) is 5.82 Å². The number of aromatic carboxylic acids is 1. The van der Waals surface area contributed by atoms with Crippen molar-refractivity contribution in [2.45, 2.75) is 18.9 Å². The molecule has 0 aromatic heterocycles. The summed E-state index contributed by atoms with van der Waals surface area (Å²) in [5.41, 5.74) is 1.02. The molecular weight excluding hydrogens is 259 g/mol. The van der Waals surface area contributed by atoms with Gasteiger partial charge in [-0.05, 0) is 42.7 Å². The van der Waals surface area contributed by atoms with E-state index in [0.717, 1.165) is 24.7 Å². The zero-order valence-electron chi connectivity index (χ0n) is 10.7. The molecule has 4 heteroatoms. The van der Waals surface area contributed by atoms with Crippen molar-refractivity contribution in [2.24, 2.45) is 0 Å². The van der Waals surface area contributed by atoms with Gasteiger partial charge < -0.3 is 9.84 Å². The average molecular weight is 272 g/mol. The lowest BCUT2D eigenvalue weighted by Crippen LogP contribution is -1.98. The number of carboxylic acid groups (broad SMARTS) is 1. The minimum absolute atomic E-state index is 0.0556. The topological polar surface area (TPSA) is 46.5 Å². The molecule has 1 aliphatic carbocycles. The molecule has 1 saturated carbocycles. The van der Waals surface area contributed by atoms with Gasteiger partial charge in [0.2, 0.25) is 0 Å². The molecule has 0 radical (unpaired) electrons. The maximum atomic E-state index is 13.9. The summed E-state index contributed by atoms with van der Waals surface area (Å²) in [6.07, 6.45) is 2.51. The number of hydrogen-bond donors (Lipinski definition) is 1. The number of carboxylic acids is 1. The summed E-state index contributed by atoms with van der Waals surface area (Å²) in [6.45, 7) is 0. The first-order chi connectivity index (χ1) is 9.63. The van der Waals surface area contributed by atoms with E-state index in [2.05, 4.69) is 0 Å². The van der Waals surface area contributed by atoms with Gasteiger partial charge in [0.05, 0.1) is 11.7 Å². The van der Waals surface area contributed by atoms with Gasteiger partial charge >= 0.3 is 5.97 Å². The third-order valence-electron chi connectivity index (χ3n) is 3.21. The highest BCUT2D eigenvalue weighted by Gasteiger charge is 2.23. The van der Waals surface area contributed by atoms with E-state index in [9.17, 15) is 9.18 Å². The lowest BCUT2D eigenvalue weighted by Gasteiger charge is -2.07. The molecule has 20 heavy (non-hydrogen) atoms. The Balaban J connectivity index is 1.86. The van der Waals surface area contributed by atoms with E-state index >= 15 is 0 Å². The molecule has 0 bridgehead atoms. The summed E-state index contributed by atoms with van der Waals surface area (Å²) in [5, 5.41) is 8.81. The van der Waals surface area contributed by atoms with E-state index in [0.29, 0.717) is 17.2 Å². The normalized spacial score (nSPS) is 14.1. The average Bonchev–Trinajstić information content (AvgIpc) is 3.24. The van der Waals surface area contributed by atoms with E-state index in [-0.39, 0.29) is 5.56 Å². The maximum Gasteiger partial charge on any atom is 0.335 e. The van der Waals surface area contributed by atoms with Gasteiger partial charge in [0.1, 0.15) is 11.6 Å². The Hall–Kier alpha value is -2.36. The first kappa shape index (κ1) is 12.7. The van der Waals surface area contributed by atoms with Crippen molar-refractivity contribution >= 4 is 5.97 Å².